The summed E-state index contributed by atoms with van der Waals surface area (Å²) >= 11 is 3.62. The highest BCUT2D eigenvalue weighted by Gasteiger charge is 2.76. The van der Waals surface area contributed by atoms with Gasteiger partial charge in [-0.3, -0.25) is 14.4 Å². The quantitative estimate of drug-likeness (QED) is 0.468. The van der Waals surface area contributed by atoms with Crippen molar-refractivity contribution < 1.29 is 24.2 Å². The molecule has 8 nitrogen and oxygen atoms in total. The first-order chi connectivity index (χ1) is 15.2. The van der Waals surface area contributed by atoms with Crippen molar-refractivity contribution in [3.63, 3.8) is 0 Å². The molecule has 7 atom stereocenters. The Morgan fingerprint density at radius 2 is 1.97 bits per heavy atom. The lowest BCUT2D eigenvalue weighted by atomic mass is 9.70. The zero-order chi connectivity index (χ0) is 23.2. The van der Waals surface area contributed by atoms with Gasteiger partial charge < -0.3 is 25.4 Å². The number of aliphatic hydroxyl groups excluding tert-OH is 1. The molecular formula is C23H30BrN3O5. The standard InChI is InChI=1S/C23H30BrN3O5/c1-12(2)26-21(30)19-23-10-15(24)18(32-23)16(20(29)25-3)17(23)22(31)27(19)14(11-28)9-13-7-5-4-6-8-13/h4-8,12,14-19,28H,9-11H2,1-3H3,(H,25,29)(H,26,30)/t14-,15?,16-,17+,18-,19?,23?/m1/s1. The molecule has 3 N–H and O–H groups in total. The molecule has 3 fully saturated rings. The van der Waals surface area contributed by atoms with Gasteiger partial charge in [-0.2, -0.15) is 0 Å². The van der Waals surface area contributed by atoms with Gasteiger partial charge in [0.15, 0.2) is 0 Å². The Hall–Kier alpha value is -1.97. The molecule has 0 aliphatic carbocycles. The van der Waals surface area contributed by atoms with E-state index in [0.29, 0.717) is 12.8 Å². The minimum absolute atomic E-state index is 0.135. The minimum atomic E-state index is -1.11. The third-order valence-electron chi connectivity index (χ3n) is 6.87. The summed E-state index contributed by atoms with van der Waals surface area (Å²) in [6, 6.07) is 7.87. The Bertz CT molecular complexity index is 897. The monoisotopic (exact) mass is 507 g/mol. The van der Waals surface area contributed by atoms with Gasteiger partial charge in [-0.25, -0.2) is 0 Å². The van der Waals surface area contributed by atoms with Gasteiger partial charge in [0.05, 0.1) is 30.6 Å². The number of hydrogen-bond acceptors (Lipinski definition) is 5. The van der Waals surface area contributed by atoms with Crippen LogP contribution in [0.5, 0.6) is 0 Å². The molecule has 3 saturated heterocycles. The number of halogens is 1. The van der Waals surface area contributed by atoms with Crippen LogP contribution >= 0.6 is 15.9 Å². The van der Waals surface area contributed by atoms with Crippen molar-refractivity contribution in [3.05, 3.63) is 35.9 Å². The summed E-state index contributed by atoms with van der Waals surface area (Å²) in [5.41, 5.74) is -0.167. The lowest BCUT2D eigenvalue weighted by Crippen LogP contribution is -2.59. The zero-order valence-corrected chi connectivity index (χ0v) is 20.0. The maximum absolute atomic E-state index is 13.9. The maximum atomic E-state index is 13.9. The van der Waals surface area contributed by atoms with E-state index in [4.69, 9.17) is 4.74 Å². The Morgan fingerprint density at radius 3 is 2.56 bits per heavy atom. The number of hydrogen-bond donors (Lipinski definition) is 3. The summed E-state index contributed by atoms with van der Waals surface area (Å²) < 4.78 is 6.38. The van der Waals surface area contributed by atoms with Crippen molar-refractivity contribution >= 4 is 33.7 Å². The van der Waals surface area contributed by atoms with Crippen LogP contribution in [0, 0.1) is 11.8 Å². The van der Waals surface area contributed by atoms with E-state index in [9.17, 15) is 19.5 Å². The minimum Gasteiger partial charge on any atom is -0.394 e. The second-order valence-electron chi connectivity index (χ2n) is 9.21. The van der Waals surface area contributed by atoms with Crippen molar-refractivity contribution in [2.24, 2.45) is 11.8 Å². The number of carbonyl (C=O) groups is 3. The van der Waals surface area contributed by atoms with Crippen LogP contribution in [0.4, 0.5) is 0 Å². The van der Waals surface area contributed by atoms with Gasteiger partial charge in [0.2, 0.25) is 17.7 Å². The number of ether oxygens (including phenoxy) is 1. The summed E-state index contributed by atoms with van der Waals surface area (Å²) in [7, 11) is 1.54. The average molecular weight is 508 g/mol. The molecule has 3 heterocycles. The van der Waals surface area contributed by atoms with Crippen LogP contribution in [0.1, 0.15) is 25.8 Å². The Balaban J connectivity index is 1.77. The van der Waals surface area contributed by atoms with Crippen molar-refractivity contribution in [3.8, 4) is 0 Å². The molecule has 0 aromatic heterocycles. The van der Waals surface area contributed by atoms with E-state index >= 15 is 0 Å². The molecule has 3 amide bonds. The fraction of sp³-hybridized carbons (Fsp3) is 0.609. The molecule has 1 spiro atoms. The summed E-state index contributed by atoms with van der Waals surface area (Å²) in [6.07, 6.45) is 0.350. The third kappa shape index (κ3) is 3.54. The van der Waals surface area contributed by atoms with Crippen LogP contribution in [0.3, 0.4) is 0 Å². The van der Waals surface area contributed by atoms with Crippen molar-refractivity contribution in [1.29, 1.82) is 0 Å². The highest BCUT2D eigenvalue weighted by Crippen LogP contribution is 2.60. The van der Waals surface area contributed by atoms with E-state index in [-0.39, 0.29) is 35.2 Å². The third-order valence-corrected chi connectivity index (χ3v) is 7.72. The molecule has 3 unspecified atom stereocenters. The predicted octanol–water partition coefficient (Wildman–Crippen LogP) is 0.609. The molecule has 3 aliphatic rings. The van der Waals surface area contributed by atoms with Crippen LogP contribution in [0.2, 0.25) is 0 Å². The normalized spacial score (nSPS) is 34.0. The SMILES string of the molecule is CNC(=O)[C@H]1[C@@H]2OC3(CC2Br)C(C(=O)NC(C)C)N([C@@H](CO)Cc2ccccc2)C(=O)[C@H]13. The number of fused-ring (bicyclic) bond motifs is 1. The number of amides is 3. The van der Waals surface area contributed by atoms with E-state index in [1.165, 1.54) is 11.9 Å². The van der Waals surface area contributed by atoms with Crippen LogP contribution in [-0.2, 0) is 25.5 Å². The largest absolute Gasteiger partial charge is 0.394 e. The molecule has 2 bridgehead atoms. The van der Waals surface area contributed by atoms with Gasteiger partial charge in [-0.1, -0.05) is 46.3 Å². The fourth-order valence-electron chi connectivity index (χ4n) is 5.73. The average Bonchev–Trinajstić information content (AvgIpc) is 3.35. The molecule has 0 radical (unpaired) electrons. The lowest BCUT2D eigenvalue weighted by Gasteiger charge is -2.37. The van der Waals surface area contributed by atoms with Gasteiger partial charge in [0, 0.05) is 17.9 Å². The van der Waals surface area contributed by atoms with Crippen LogP contribution in [0.25, 0.3) is 0 Å². The molecule has 3 aliphatic heterocycles. The first-order valence-electron chi connectivity index (χ1n) is 11.1. The predicted molar refractivity (Wildman–Crippen MR) is 121 cm³/mol. The van der Waals surface area contributed by atoms with E-state index < -0.39 is 35.6 Å². The number of benzene rings is 1. The van der Waals surface area contributed by atoms with E-state index in [0.717, 1.165) is 5.56 Å². The first-order valence-corrected chi connectivity index (χ1v) is 12.0. The fourth-order valence-corrected chi connectivity index (χ4v) is 6.67. The Morgan fingerprint density at radius 1 is 1.28 bits per heavy atom. The summed E-state index contributed by atoms with van der Waals surface area (Å²) in [6.45, 7) is 3.41. The van der Waals surface area contributed by atoms with Crippen LogP contribution in [-0.4, -0.2) is 76.0 Å². The second kappa shape index (κ2) is 8.76. The number of aliphatic hydroxyl groups is 1. The molecule has 32 heavy (non-hydrogen) atoms. The smallest absolute Gasteiger partial charge is 0.246 e. The van der Waals surface area contributed by atoms with Crippen molar-refractivity contribution in [2.75, 3.05) is 13.7 Å². The molecule has 174 valence electrons. The van der Waals surface area contributed by atoms with Crippen molar-refractivity contribution in [2.45, 2.75) is 61.3 Å². The molecule has 9 heteroatoms. The van der Waals surface area contributed by atoms with Crippen LogP contribution in [0.15, 0.2) is 30.3 Å². The molecular weight excluding hydrogens is 478 g/mol. The van der Waals surface area contributed by atoms with Gasteiger partial charge in [0.1, 0.15) is 11.6 Å². The Kier molecular flexibility index (Phi) is 6.35. The molecule has 1 aromatic carbocycles. The van der Waals surface area contributed by atoms with E-state index in [2.05, 4.69) is 26.6 Å². The highest BCUT2D eigenvalue weighted by molar-refractivity contribution is 9.09. The summed E-state index contributed by atoms with van der Waals surface area (Å²) in [4.78, 5) is 41.5. The van der Waals surface area contributed by atoms with Gasteiger partial charge in [-0.15, -0.1) is 0 Å². The van der Waals surface area contributed by atoms with Gasteiger partial charge in [-0.05, 0) is 32.3 Å². The summed E-state index contributed by atoms with van der Waals surface area (Å²) in [5, 5.41) is 15.9. The van der Waals surface area contributed by atoms with E-state index in [1.807, 2.05) is 44.2 Å². The maximum Gasteiger partial charge on any atom is 0.246 e. The van der Waals surface area contributed by atoms with Crippen molar-refractivity contribution in [1.82, 2.24) is 15.5 Å². The zero-order valence-electron chi connectivity index (χ0n) is 18.5. The number of carbonyl (C=O) groups excluding carboxylic acids is 3. The first kappa shape index (κ1) is 23.2. The van der Waals surface area contributed by atoms with Crippen LogP contribution < -0.4 is 10.6 Å². The highest BCUT2D eigenvalue weighted by atomic mass is 79.9. The number of rotatable bonds is 7. The molecule has 4 rings (SSSR count). The van der Waals surface area contributed by atoms with E-state index in [1.54, 1.807) is 0 Å². The molecule has 1 aromatic rings. The second-order valence-corrected chi connectivity index (χ2v) is 10.4. The number of likely N-dealkylation sites (tertiary alicyclic amines) is 1. The number of alkyl halides is 1. The number of nitrogens with zero attached hydrogens (tertiary/aromatic N) is 1. The lowest BCUT2D eigenvalue weighted by molar-refractivity contribution is -0.145. The topological polar surface area (TPSA) is 108 Å². The van der Waals surface area contributed by atoms with Gasteiger partial charge in [0.25, 0.3) is 0 Å². The van der Waals surface area contributed by atoms with Gasteiger partial charge >= 0.3 is 0 Å². The molecule has 0 saturated carbocycles. The number of nitrogens with one attached hydrogen (secondary N) is 2. The summed E-state index contributed by atoms with van der Waals surface area (Å²) in [5.74, 6) is -2.36. The Labute approximate surface area is 196 Å².